The van der Waals surface area contributed by atoms with E-state index in [0.717, 1.165) is 22.6 Å². The Labute approximate surface area is 211 Å². The Bertz CT molecular complexity index is 1550. The van der Waals surface area contributed by atoms with Gasteiger partial charge in [0.05, 0.1) is 36.5 Å². The number of nitrogens with zero attached hydrogens (tertiary/aromatic N) is 3. The Hall–Kier alpha value is -4.93. The van der Waals surface area contributed by atoms with E-state index in [-0.39, 0.29) is 22.8 Å². The quantitative estimate of drug-likeness (QED) is 0.159. The van der Waals surface area contributed by atoms with Crippen molar-refractivity contribution in [3.8, 4) is 11.4 Å². The minimum absolute atomic E-state index is 0.0767. The van der Waals surface area contributed by atoms with Crippen LogP contribution in [0.25, 0.3) is 16.7 Å². The normalized spacial score (nSPS) is 11.1. The fourth-order valence-corrected chi connectivity index (χ4v) is 3.99. The Morgan fingerprint density at radius 3 is 2.68 bits per heavy atom. The number of nitro benzene ring substituents is 1. The molecular weight excluding hydrogens is 480 g/mol. The second-order valence-corrected chi connectivity index (χ2v) is 8.07. The highest BCUT2D eigenvalue weighted by molar-refractivity contribution is 5.98. The van der Waals surface area contributed by atoms with E-state index in [2.05, 4.69) is 10.5 Å². The molecule has 0 unspecified atom stereocenters. The highest BCUT2D eigenvalue weighted by Crippen LogP contribution is 2.33. The summed E-state index contributed by atoms with van der Waals surface area (Å²) in [5.74, 6) is -0.958. The Morgan fingerprint density at radius 2 is 1.97 bits per heavy atom. The molecule has 0 radical (unpaired) electrons. The maximum absolute atomic E-state index is 12.6. The summed E-state index contributed by atoms with van der Waals surface area (Å²) in [5.41, 5.74) is 6.17. The maximum Gasteiger partial charge on any atom is 0.338 e. The average Bonchev–Trinajstić information content (AvgIpc) is 3.44. The molecule has 0 aliphatic rings. The van der Waals surface area contributed by atoms with Crippen LogP contribution in [-0.4, -0.2) is 41.3 Å². The standard InChI is InChI=1S/C26H24N4O7/c1-5-36-26(32)17-7-6-8-20(10-17)29-15(2)9-19(16(29)3)14-27-28-25(31)23-12-18-11-21(30(33)34)13-22(35-4)24(18)37-23/h6-14H,5H2,1-4H3,(H,28,31)/b27-14-. The molecule has 0 saturated heterocycles. The molecule has 1 amide bonds. The number of hydrogen-bond donors (Lipinski definition) is 1. The van der Waals surface area contributed by atoms with Crippen LogP contribution in [0.1, 0.15) is 44.8 Å². The number of aryl methyl sites for hydroxylation is 1. The Kier molecular flexibility index (Phi) is 7.05. The van der Waals surface area contributed by atoms with Gasteiger partial charge in [0.1, 0.15) is 0 Å². The van der Waals surface area contributed by atoms with Crippen LogP contribution in [0.3, 0.4) is 0 Å². The van der Waals surface area contributed by atoms with E-state index in [0.29, 0.717) is 17.6 Å². The van der Waals surface area contributed by atoms with E-state index >= 15 is 0 Å². The molecule has 4 aromatic rings. The second kappa shape index (κ2) is 10.4. The van der Waals surface area contributed by atoms with Crippen molar-refractivity contribution in [1.82, 2.24) is 9.99 Å². The van der Waals surface area contributed by atoms with Gasteiger partial charge in [0, 0.05) is 34.1 Å². The molecule has 190 valence electrons. The molecule has 0 saturated carbocycles. The highest BCUT2D eigenvalue weighted by atomic mass is 16.6. The minimum Gasteiger partial charge on any atom is -0.493 e. The number of nitrogens with one attached hydrogen (secondary N) is 1. The molecule has 4 rings (SSSR count). The van der Waals surface area contributed by atoms with Crippen LogP contribution in [-0.2, 0) is 4.74 Å². The largest absolute Gasteiger partial charge is 0.493 e. The molecule has 0 spiro atoms. The number of ether oxygens (including phenoxy) is 2. The van der Waals surface area contributed by atoms with Crippen LogP contribution in [0.15, 0.2) is 58.0 Å². The SMILES string of the molecule is CCOC(=O)c1cccc(-n2c(C)cc(/C=N\NC(=O)c3cc4cc([N+](=O)[O-])cc(OC)c4o3)c2C)c1. The van der Waals surface area contributed by atoms with Gasteiger partial charge >= 0.3 is 11.9 Å². The van der Waals surface area contributed by atoms with Crippen molar-refractivity contribution in [3.63, 3.8) is 0 Å². The van der Waals surface area contributed by atoms with E-state index in [1.807, 2.05) is 30.5 Å². The van der Waals surface area contributed by atoms with Crippen molar-refractivity contribution in [2.45, 2.75) is 20.8 Å². The van der Waals surface area contributed by atoms with Gasteiger partial charge in [0.2, 0.25) is 0 Å². The number of amides is 1. The van der Waals surface area contributed by atoms with Crippen LogP contribution in [0.2, 0.25) is 0 Å². The van der Waals surface area contributed by atoms with Gasteiger partial charge in [0.25, 0.3) is 5.69 Å². The molecule has 1 N–H and O–H groups in total. The minimum atomic E-state index is -0.631. The Morgan fingerprint density at radius 1 is 1.19 bits per heavy atom. The number of methoxy groups -OCH3 is 1. The number of rotatable bonds is 8. The average molecular weight is 504 g/mol. The molecule has 0 atom stereocenters. The molecule has 2 aromatic heterocycles. The van der Waals surface area contributed by atoms with E-state index in [1.54, 1.807) is 25.1 Å². The lowest BCUT2D eigenvalue weighted by Gasteiger charge is -2.11. The first-order chi connectivity index (χ1) is 17.7. The van der Waals surface area contributed by atoms with Gasteiger partial charge in [-0.25, -0.2) is 10.2 Å². The van der Waals surface area contributed by atoms with Crippen molar-refractivity contribution in [1.29, 1.82) is 0 Å². The number of esters is 1. The smallest absolute Gasteiger partial charge is 0.338 e. The topological polar surface area (TPSA) is 138 Å². The van der Waals surface area contributed by atoms with Gasteiger partial charge in [-0.3, -0.25) is 14.9 Å². The summed E-state index contributed by atoms with van der Waals surface area (Å²) in [6, 6.07) is 12.9. The molecule has 0 aliphatic heterocycles. The summed E-state index contributed by atoms with van der Waals surface area (Å²) in [4.78, 5) is 35.3. The van der Waals surface area contributed by atoms with Crippen LogP contribution in [0.4, 0.5) is 5.69 Å². The molecule has 0 aliphatic carbocycles. The second-order valence-electron chi connectivity index (χ2n) is 8.07. The van der Waals surface area contributed by atoms with E-state index in [9.17, 15) is 19.7 Å². The first kappa shape index (κ1) is 25.2. The predicted molar refractivity (Wildman–Crippen MR) is 136 cm³/mol. The summed E-state index contributed by atoms with van der Waals surface area (Å²) in [6.45, 7) is 5.86. The molecular formula is C26H24N4O7. The molecule has 0 bridgehead atoms. The number of benzene rings is 2. The van der Waals surface area contributed by atoms with Gasteiger partial charge < -0.3 is 18.5 Å². The van der Waals surface area contributed by atoms with Gasteiger partial charge in [-0.15, -0.1) is 0 Å². The fraction of sp³-hybridized carbons (Fsp3) is 0.192. The number of furan rings is 1. The molecule has 0 fully saturated rings. The summed E-state index contributed by atoms with van der Waals surface area (Å²) >= 11 is 0. The predicted octanol–water partition coefficient (Wildman–Crippen LogP) is 4.70. The molecule has 11 heteroatoms. The van der Waals surface area contributed by atoms with Crippen LogP contribution < -0.4 is 10.2 Å². The maximum atomic E-state index is 12.6. The number of carbonyl (C=O) groups excluding carboxylic acids is 2. The van der Waals surface area contributed by atoms with Gasteiger partial charge in [0.15, 0.2) is 17.1 Å². The van der Waals surface area contributed by atoms with Gasteiger partial charge in [-0.1, -0.05) is 6.07 Å². The van der Waals surface area contributed by atoms with Crippen molar-refractivity contribution < 1.29 is 28.4 Å². The number of aromatic nitrogens is 1. The van der Waals surface area contributed by atoms with Crippen molar-refractivity contribution >= 4 is 34.7 Å². The van der Waals surface area contributed by atoms with E-state index in [1.165, 1.54) is 31.5 Å². The Balaban J connectivity index is 1.54. The molecule has 37 heavy (non-hydrogen) atoms. The summed E-state index contributed by atoms with van der Waals surface area (Å²) in [7, 11) is 1.36. The number of hydrazone groups is 1. The summed E-state index contributed by atoms with van der Waals surface area (Å²) in [5, 5.41) is 15.5. The lowest BCUT2D eigenvalue weighted by atomic mass is 10.2. The number of hydrogen-bond acceptors (Lipinski definition) is 8. The third-order valence-corrected chi connectivity index (χ3v) is 5.68. The zero-order valence-corrected chi connectivity index (χ0v) is 20.6. The monoisotopic (exact) mass is 504 g/mol. The summed E-state index contributed by atoms with van der Waals surface area (Å²) < 4.78 is 17.8. The van der Waals surface area contributed by atoms with E-state index in [4.69, 9.17) is 13.9 Å². The lowest BCUT2D eigenvalue weighted by Crippen LogP contribution is -2.16. The van der Waals surface area contributed by atoms with Crippen LogP contribution in [0.5, 0.6) is 5.75 Å². The zero-order chi connectivity index (χ0) is 26.7. The van der Waals surface area contributed by atoms with E-state index < -0.39 is 16.8 Å². The van der Waals surface area contributed by atoms with Crippen LogP contribution in [0, 0.1) is 24.0 Å². The first-order valence-electron chi connectivity index (χ1n) is 11.3. The molecule has 2 aromatic carbocycles. The zero-order valence-electron chi connectivity index (χ0n) is 20.6. The van der Waals surface area contributed by atoms with Crippen molar-refractivity contribution in [2.24, 2.45) is 5.10 Å². The first-order valence-corrected chi connectivity index (χ1v) is 11.3. The number of fused-ring (bicyclic) bond motifs is 1. The molecule has 11 nitrogen and oxygen atoms in total. The third kappa shape index (κ3) is 5.06. The van der Waals surface area contributed by atoms with Crippen molar-refractivity contribution in [2.75, 3.05) is 13.7 Å². The third-order valence-electron chi connectivity index (χ3n) is 5.68. The lowest BCUT2D eigenvalue weighted by molar-refractivity contribution is -0.384. The molecule has 2 heterocycles. The van der Waals surface area contributed by atoms with Gasteiger partial charge in [-0.2, -0.15) is 5.10 Å². The number of nitro groups is 1. The highest BCUT2D eigenvalue weighted by Gasteiger charge is 2.19. The summed E-state index contributed by atoms with van der Waals surface area (Å²) in [6.07, 6.45) is 1.50. The fourth-order valence-electron chi connectivity index (χ4n) is 3.99. The van der Waals surface area contributed by atoms with Gasteiger partial charge in [-0.05, 0) is 51.1 Å². The van der Waals surface area contributed by atoms with Crippen LogP contribution >= 0.6 is 0 Å². The number of non-ortho nitro benzene ring substituents is 1. The number of carbonyl (C=O) groups is 2. The van der Waals surface area contributed by atoms with Crippen molar-refractivity contribution in [3.05, 3.63) is 86.9 Å².